The van der Waals surface area contributed by atoms with E-state index in [1.807, 2.05) is 12.2 Å². The summed E-state index contributed by atoms with van der Waals surface area (Å²) in [4.78, 5) is 0. The zero-order valence-electron chi connectivity index (χ0n) is 12.7. The normalized spacial score (nSPS) is 14.8. The van der Waals surface area contributed by atoms with Crippen LogP contribution in [0, 0.1) is 12.2 Å². The molecular formula is C18H22Cl2Hf. The van der Waals surface area contributed by atoms with Gasteiger partial charge >= 0.3 is 25.8 Å². The molecule has 2 aliphatic carbocycles. The maximum Gasteiger partial charge on any atom is 4.00 e. The molecule has 0 aliphatic heterocycles. The van der Waals surface area contributed by atoms with Crippen LogP contribution in [0.3, 0.4) is 0 Å². The summed E-state index contributed by atoms with van der Waals surface area (Å²) in [7, 11) is 0. The van der Waals surface area contributed by atoms with Crippen molar-refractivity contribution < 1.29 is 50.7 Å². The Balaban J connectivity index is -0.000000270. The first-order chi connectivity index (χ1) is 8.86. The molecule has 3 heteroatoms. The summed E-state index contributed by atoms with van der Waals surface area (Å²) < 4.78 is 0. The Kier molecular flexibility index (Phi) is 22.1. The van der Waals surface area contributed by atoms with Gasteiger partial charge in [-0.3, -0.25) is 12.2 Å². The molecule has 0 aromatic rings. The molecule has 0 aromatic carbocycles. The van der Waals surface area contributed by atoms with Gasteiger partial charge in [0, 0.05) is 0 Å². The van der Waals surface area contributed by atoms with Gasteiger partial charge < -0.3 is 24.8 Å². The molecule has 0 fully saturated rings. The molecule has 2 rings (SSSR count). The molecule has 2 aliphatic rings. The van der Waals surface area contributed by atoms with Gasteiger partial charge in [-0.15, -0.1) is 37.1 Å². The second-order valence-electron chi connectivity index (χ2n) is 4.13. The Bertz CT molecular complexity index is 373. The fourth-order valence-electron chi connectivity index (χ4n) is 1.57. The van der Waals surface area contributed by atoms with Crippen molar-refractivity contribution in [2.24, 2.45) is 0 Å². The van der Waals surface area contributed by atoms with Crippen LogP contribution in [0.25, 0.3) is 0 Å². The molecule has 0 nitrogen and oxygen atoms in total. The Morgan fingerprint density at radius 2 is 1.24 bits per heavy atom. The van der Waals surface area contributed by atoms with Gasteiger partial charge in [0.1, 0.15) is 0 Å². The Hall–Kier alpha value is -0.110. The standard InChI is InChI=1S/2C9H11.2ClH.Hf/c2*1-2-3-6-9-7-4-5-8-9;;;/h2*3,6-8H,2,4H2,1H3;2*1H;/q2*-1;;;+4/p-2/b2*6-3+;;;. The molecule has 0 spiro atoms. The van der Waals surface area contributed by atoms with Crippen molar-refractivity contribution in [1.82, 2.24) is 0 Å². The summed E-state index contributed by atoms with van der Waals surface area (Å²) in [5.41, 5.74) is 2.61. The Morgan fingerprint density at radius 1 is 0.857 bits per heavy atom. The third-order valence-corrected chi connectivity index (χ3v) is 2.54. The molecule has 0 heterocycles. The van der Waals surface area contributed by atoms with E-state index >= 15 is 0 Å². The van der Waals surface area contributed by atoms with Crippen LogP contribution in [0.4, 0.5) is 0 Å². The van der Waals surface area contributed by atoms with Crippen LogP contribution in [-0.4, -0.2) is 0 Å². The maximum absolute atomic E-state index is 3.11. The van der Waals surface area contributed by atoms with E-state index in [1.54, 1.807) is 0 Å². The van der Waals surface area contributed by atoms with Crippen molar-refractivity contribution in [3.05, 3.63) is 71.9 Å². The summed E-state index contributed by atoms with van der Waals surface area (Å²) in [6.45, 7) is 4.28. The van der Waals surface area contributed by atoms with Crippen molar-refractivity contribution in [1.29, 1.82) is 0 Å². The third kappa shape index (κ3) is 13.3. The SMILES string of the molecule is CC/C=C/C1=CC[C-]=C1.CC/C=C/C1=CC[C-]=C1.[Cl-].[Cl-].[Hf+4]. The summed E-state index contributed by atoms with van der Waals surface area (Å²) in [5, 5.41) is 0. The van der Waals surface area contributed by atoms with E-state index in [0.29, 0.717) is 0 Å². The quantitative estimate of drug-likeness (QED) is 0.363. The predicted molar refractivity (Wildman–Crippen MR) is 79.9 cm³/mol. The molecule has 0 bridgehead atoms. The van der Waals surface area contributed by atoms with Crippen LogP contribution in [0.2, 0.25) is 0 Å². The summed E-state index contributed by atoms with van der Waals surface area (Å²) in [6, 6.07) is 0. The monoisotopic (exact) mass is 488 g/mol. The van der Waals surface area contributed by atoms with Gasteiger partial charge in [-0.2, -0.15) is 23.3 Å². The maximum atomic E-state index is 3.11. The molecule has 0 amide bonds. The molecule has 0 saturated heterocycles. The predicted octanol–water partition coefficient (Wildman–Crippen LogP) is -0.710. The van der Waals surface area contributed by atoms with Gasteiger partial charge in [0.05, 0.1) is 0 Å². The minimum absolute atomic E-state index is 0. The van der Waals surface area contributed by atoms with Gasteiger partial charge in [-0.1, -0.05) is 13.8 Å². The van der Waals surface area contributed by atoms with Crippen LogP contribution < -0.4 is 24.8 Å². The summed E-state index contributed by atoms with van der Waals surface area (Å²) >= 11 is 0. The minimum atomic E-state index is 0. The van der Waals surface area contributed by atoms with E-state index in [2.05, 4.69) is 62.5 Å². The molecule has 0 atom stereocenters. The van der Waals surface area contributed by atoms with Crippen LogP contribution in [0.15, 0.2) is 59.8 Å². The molecule has 112 valence electrons. The van der Waals surface area contributed by atoms with E-state index in [4.69, 9.17) is 0 Å². The molecule has 0 N–H and O–H groups in total. The first kappa shape index (κ1) is 25.8. The fourth-order valence-corrected chi connectivity index (χ4v) is 1.57. The number of allylic oxidation sites excluding steroid dienone is 12. The van der Waals surface area contributed by atoms with Gasteiger partial charge in [0.25, 0.3) is 0 Å². The zero-order chi connectivity index (χ0) is 13.1. The fraction of sp³-hybridized carbons (Fsp3) is 0.333. The molecule has 21 heavy (non-hydrogen) atoms. The largest absolute Gasteiger partial charge is 4.00 e. The summed E-state index contributed by atoms with van der Waals surface area (Å²) in [5.74, 6) is 0. The molecule has 0 aromatic heterocycles. The smallest absolute Gasteiger partial charge is 1.00 e. The van der Waals surface area contributed by atoms with E-state index < -0.39 is 0 Å². The van der Waals surface area contributed by atoms with Gasteiger partial charge in [0.2, 0.25) is 0 Å². The van der Waals surface area contributed by atoms with Crippen LogP contribution >= 0.6 is 0 Å². The number of hydrogen-bond acceptors (Lipinski definition) is 0. The first-order valence-electron chi connectivity index (χ1n) is 6.73. The van der Waals surface area contributed by atoms with Crippen molar-refractivity contribution in [3.8, 4) is 0 Å². The summed E-state index contributed by atoms with van der Waals surface area (Å²) in [6.07, 6.45) is 27.5. The van der Waals surface area contributed by atoms with Crippen molar-refractivity contribution in [3.63, 3.8) is 0 Å². The first-order valence-corrected chi connectivity index (χ1v) is 6.73. The van der Waals surface area contributed by atoms with Crippen molar-refractivity contribution in [2.75, 3.05) is 0 Å². The Labute approximate surface area is 161 Å². The third-order valence-electron chi connectivity index (χ3n) is 2.54. The second-order valence-corrected chi connectivity index (χ2v) is 4.13. The van der Waals surface area contributed by atoms with Crippen LogP contribution in [0.5, 0.6) is 0 Å². The Morgan fingerprint density at radius 3 is 1.48 bits per heavy atom. The average Bonchev–Trinajstić information content (AvgIpc) is 3.07. The topological polar surface area (TPSA) is 0 Å². The number of rotatable bonds is 4. The number of hydrogen-bond donors (Lipinski definition) is 0. The van der Waals surface area contributed by atoms with Gasteiger partial charge in [0.15, 0.2) is 0 Å². The number of halogens is 2. The average molecular weight is 488 g/mol. The zero-order valence-corrected chi connectivity index (χ0v) is 17.8. The van der Waals surface area contributed by atoms with E-state index in [0.717, 1.165) is 25.7 Å². The molecular weight excluding hydrogens is 466 g/mol. The van der Waals surface area contributed by atoms with Crippen LogP contribution in [0.1, 0.15) is 39.5 Å². The van der Waals surface area contributed by atoms with E-state index in [9.17, 15) is 0 Å². The van der Waals surface area contributed by atoms with E-state index in [1.165, 1.54) is 11.1 Å². The van der Waals surface area contributed by atoms with Gasteiger partial charge in [-0.05, 0) is 12.8 Å². The molecule has 0 saturated carbocycles. The van der Waals surface area contributed by atoms with E-state index in [-0.39, 0.29) is 50.7 Å². The molecule has 0 radical (unpaired) electrons. The minimum Gasteiger partial charge on any atom is -1.00 e. The molecule has 0 unspecified atom stereocenters. The van der Waals surface area contributed by atoms with Crippen molar-refractivity contribution in [2.45, 2.75) is 39.5 Å². The van der Waals surface area contributed by atoms with Gasteiger partial charge in [-0.25, -0.2) is 12.2 Å². The van der Waals surface area contributed by atoms with Crippen molar-refractivity contribution >= 4 is 0 Å². The van der Waals surface area contributed by atoms with Crippen LogP contribution in [-0.2, 0) is 25.8 Å². The second kappa shape index (κ2) is 17.9.